The number of halogens is 1. The Labute approximate surface area is 99.1 Å². The van der Waals surface area contributed by atoms with Crippen LogP contribution in [-0.4, -0.2) is 14.9 Å². The minimum absolute atomic E-state index is 0.152. The summed E-state index contributed by atoms with van der Waals surface area (Å²) in [4.78, 5) is 17.9. The molecule has 0 aliphatic rings. The van der Waals surface area contributed by atoms with Crippen LogP contribution in [-0.2, 0) is 0 Å². The molecule has 0 spiro atoms. The van der Waals surface area contributed by atoms with Gasteiger partial charge in [-0.05, 0) is 0 Å². The lowest BCUT2D eigenvalue weighted by Gasteiger charge is -2.02. The Bertz CT molecular complexity index is 517. The van der Waals surface area contributed by atoms with Crippen molar-refractivity contribution in [2.24, 2.45) is 0 Å². The SMILES string of the molecule is O=[N+]([O-])c1cc(Cl)cnc1Nc1cncs1. The van der Waals surface area contributed by atoms with Crippen LogP contribution in [0.1, 0.15) is 0 Å². The van der Waals surface area contributed by atoms with Gasteiger partial charge in [-0.3, -0.25) is 15.1 Å². The van der Waals surface area contributed by atoms with Crippen molar-refractivity contribution in [3.05, 3.63) is 39.1 Å². The molecule has 0 saturated heterocycles. The highest BCUT2D eigenvalue weighted by molar-refractivity contribution is 7.13. The smallest absolute Gasteiger partial charge is 0.313 e. The molecule has 2 heterocycles. The maximum absolute atomic E-state index is 10.8. The average Bonchev–Trinajstić information content (AvgIpc) is 2.73. The standard InChI is InChI=1S/C8H5ClN4O2S/c9-5-1-6(13(14)15)8(11-2-5)12-7-3-10-4-16-7/h1-4H,(H,11,12). The number of nitrogens with one attached hydrogen (secondary N) is 1. The van der Waals surface area contributed by atoms with Crippen molar-refractivity contribution < 1.29 is 4.92 Å². The minimum atomic E-state index is -0.539. The Morgan fingerprint density at radius 1 is 1.50 bits per heavy atom. The number of pyridine rings is 1. The summed E-state index contributed by atoms with van der Waals surface area (Å²) < 4.78 is 0. The minimum Gasteiger partial charge on any atom is -0.325 e. The van der Waals surface area contributed by atoms with Crippen LogP contribution in [0.3, 0.4) is 0 Å². The molecular weight excluding hydrogens is 252 g/mol. The van der Waals surface area contributed by atoms with Gasteiger partial charge >= 0.3 is 5.69 Å². The van der Waals surface area contributed by atoms with Gasteiger partial charge in [0.1, 0.15) is 5.00 Å². The van der Waals surface area contributed by atoms with Gasteiger partial charge in [0.25, 0.3) is 0 Å². The van der Waals surface area contributed by atoms with E-state index in [1.807, 2.05) is 0 Å². The molecule has 0 bridgehead atoms. The van der Waals surface area contributed by atoms with Crippen LogP contribution in [0.5, 0.6) is 0 Å². The Hall–Kier alpha value is -1.73. The molecule has 0 atom stereocenters. The summed E-state index contributed by atoms with van der Waals surface area (Å²) in [5, 5.41) is 14.5. The van der Waals surface area contributed by atoms with Crippen LogP contribution < -0.4 is 5.32 Å². The number of hydrogen-bond acceptors (Lipinski definition) is 6. The molecule has 0 radical (unpaired) electrons. The molecule has 0 fully saturated rings. The lowest BCUT2D eigenvalue weighted by Crippen LogP contribution is -1.98. The second-order valence-corrected chi connectivity index (χ2v) is 4.09. The highest BCUT2D eigenvalue weighted by atomic mass is 35.5. The molecule has 82 valence electrons. The molecular formula is C8H5ClN4O2S. The zero-order chi connectivity index (χ0) is 11.5. The van der Waals surface area contributed by atoms with E-state index < -0.39 is 4.92 Å². The quantitative estimate of drug-likeness (QED) is 0.675. The number of nitro groups is 1. The fourth-order valence-electron chi connectivity index (χ4n) is 1.06. The van der Waals surface area contributed by atoms with Crippen LogP contribution in [0.4, 0.5) is 16.5 Å². The third-order valence-electron chi connectivity index (χ3n) is 1.70. The first-order valence-electron chi connectivity index (χ1n) is 4.12. The number of thiazole rings is 1. The van der Waals surface area contributed by atoms with Crippen LogP contribution in [0.15, 0.2) is 24.0 Å². The number of rotatable bonds is 3. The first kappa shape index (κ1) is 10.8. The van der Waals surface area contributed by atoms with Crippen LogP contribution >= 0.6 is 22.9 Å². The van der Waals surface area contributed by atoms with Crippen molar-refractivity contribution in [2.45, 2.75) is 0 Å². The van der Waals surface area contributed by atoms with Gasteiger partial charge in [-0.25, -0.2) is 4.98 Å². The lowest BCUT2D eigenvalue weighted by molar-refractivity contribution is -0.384. The van der Waals surface area contributed by atoms with Crippen molar-refractivity contribution in [1.29, 1.82) is 0 Å². The monoisotopic (exact) mass is 256 g/mol. The van der Waals surface area contributed by atoms with Gasteiger partial charge in [-0.1, -0.05) is 11.6 Å². The van der Waals surface area contributed by atoms with Crippen molar-refractivity contribution in [1.82, 2.24) is 9.97 Å². The van der Waals surface area contributed by atoms with E-state index in [0.29, 0.717) is 5.00 Å². The molecule has 2 aromatic rings. The summed E-state index contributed by atoms with van der Waals surface area (Å²) in [5.41, 5.74) is 1.45. The third-order valence-corrected chi connectivity index (χ3v) is 2.60. The summed E-state index contributed by atoms with van der Waals surface area (Å²) in [6.45, 7) is 0. The molecule has 2 rings (SSSR count). The van der Waals surface area contributed by atoms with Gasteiger partial charge in [-0.15, -0.1) is 11.3 Å². The molecule has 0 aliphatic carbocycles. The first-order chi connectivity index (χ1) is 7.66. The van der Waals surface area contributed by atoms with Crippen molar-refractivity contribution in [3.63, 3.8) is 0 Å². The highest BCUT2D eigenvalue weighted by Gasteiger charge is 2.16. The molecule has 0 amide bonds. The molecule has 1 N–H and O–H groups in total. The Balaban J connectivity index is 2.36. The van der Waals surface area contributed by atoms with Gasteiger partial charge in [-0.2, -0.15) is 0 Å². The zero-order valence-electron chi connectivity index (χ0n) is 7.75. The summed E-state index contributed by atoms with van der Waals surface area (Å²) >= 11 is 6.96. The topological polar surface area (TPSA) is 81.0 Å². The van der Waals surface area contributed by atoms with Crippen molar-refractivity contribution in [3.8, 4) is 0 Å². The van der Waals surface area contributed by atoms with Gasteiger partial charge < -0.3 is 5.32 Å². The largest absolute Gasteiger partial charge is 0.325 e. The predicted molar refractivity (Wildman–Crippen MR) is 61.3 cm³/mol. The molecule has 0 unspecified atom stereocenters. The van der Waals surface area contributed by atoms with E-state index in [0.717, 1.165) is 0 Å². The Morgan fingerprint density at radius 2 is 2.31 bits per heavy atom. The van der Waals surface area contributed by atoms with Gasteiger partial charge in [0.2, 0.25) is 5.82 Å². The highest BCUT2D eigenvalue weighted by Crippen LogP contribution is 2.28. The summed E-state index contributed by atoms with van der Waals surface area (Å²) in [7, 11) is 0. The van der Waals surface area contributed by atoms with Crippen molar-refractivity contribution >= 4 is 39.4 Å². The molecule has 0 aromatic carbocycles. The Kier molecular flexibility index (Phi) is 2.97. The molecule has 8 heteroatoms. The number of hydrogen-bond donors (Lipinski definition) is 1. The number of aromatic nitrogens is 2. The molecule has 2 aromatic heterocycles. The summed E-state index contributed by atoms with van der Waals surface area (Å²) in [6, 6.07) is 1.25. The van der Waals surface area contributed by atoms with Crippen LogP contribution in [0.25, 0.3) is 0 Å². The predicted octanol–water partition coefficient (Wildman–Crippen LogP) is 2.84. The molecule has 6 nitrogen and oxygen atoms in total. The number of anilines is 2. The summed E-state index contributed by atoms with van der Waals surface area (Å²) in [6.07, 6.45) is 2.91. The van der Waals surface area contributed by atoms with Gasteiger partial charge in [0, 0.05) is 12.3 Å². The second-order valence-electron chi connectivity index (χ2n) is 2.77. The fraction of sp³-hybridized carbons (Fsp3) is 0. The zero-order valence-corrected chi connectivity index (χ0v) is 9.33. The van der Waals surface area contributed by atoms with E-state index in [9.17, 15) is 10.1 Å². The van der Waals surface area contributed by atoms with E-state index in [-0.39, 0.29) is 16.5 Å². The molecule has 0 saturated carbocycles. The second kappa shape index (κ2) is 4.42. The molecule has 0 aliphatic heterocycles. The third kappa shape index (κ3) is 2.26. The van der Waals surface area contributed by atoms with E-state index in [1.165, 1.54) is 23.6 Å². The fourth-order valence-corrected chi connectivity index (χ4v) is 1.72. The van der Waals surface area contributed by atoms with E-state index in [1.54, 1.807) is 11.7 Å². The molecule has 16 heavy (non-hydrogen) atoms. The summed E-state index contributed by atoms with van der Waals surface area (Å²) in [5.74, 6) is 0.152. The van der Waals surface area contributed by atoms with E-state index in [4.69, 9.17) is 11.6 Å². The average molecular weight is 257 g/mol. The Morgan fingerprint density at radius 3 is 2.94 bits per heavy atom. The van der Waals surface area contributed by atoms with E-state index >= 15 is 0 Å². The van der Waals surface area contributed by atoms with Gasteiger partial charge in [0.05, 0.1) is 21.7 Å². The van der Waals surface area contributed by atoms with Crippen LogP contribution in [0, 0.1) is 10.1 Å². The van der Waals surface area contributed by atoms with Gasteiger partial charge in [0.15, 0.2) is 0 Å². The normalized spacial score (nSPS) is 10.1. The maximum atomic E-state index is 10.8. The van der Waals surface area contributed by atoms with Crippen LogP contribution in [0.2, 0.25) is 5.02 Å². The van der Waals surface area contributed by atoms with Crippen molar-refractivity contribution in [2.75, 3.05) is 5.32 Å². The lowest BCUT2D eigenvalue weighted by atomic mass is 10.4. The maximum Gasteiger partial charge on any atom is 0.313 e. The first-order valence-corrected chi connectivity index (χ1v) is 5.38. The number of nitrogens with zero attached hydrogens (tertiary/aromatic N) is 3. The van der Waals surface area contributed by atoms with E-state index in [2.05, 4.69) is 15.3 Å².